The van der Waals surface area contributed by atoms with Gasteiger partial charge in [-0.3, -0.25) is 4.79 Å². The van der Waals surface area contributed by atoms with Gasteiger partial charge in [-0.05, 0) is 41.0 Å². The highest BCUT2D eigenvalue weighted by molar-refractivity contribution is 5.85. The van der Waals surface area contributed by atoms with E-state index in [4.69, 9.17) is 4.74 Å². The lowest BCUT2D eigenvalue weighted by Crippen LogP contribution is -2.48. The number of ether oxygens (including phenoxy) is 1. The number of hydrogen-bond donors (Lipinski definition) is 3. The monoisotopic (exact) mass is 450 g/mol. The number of nitrogens with one attached hydrogen (secondary N) is 2. The van der Waals surface area contributed by atoms with Gasteiger partial charge in [-0.2, -0.15) is 0 Å². The molecule has 174 valence electrons. The Bertz CT molecular complexity index is 1020. The van der Waals surface area contributed by atoms with Gasteiger partial charge in [0.25, 0.3) is 0 Å². The Morgan fingerprint density at radius 3 is 2.15 bits per heavy atom. The van der Waals surface area contributed by atoms with Gasteiger partial charge >= 0.3 is 12.1 Å². The molecule has 2 aliphatic rings. The number of hydrogen-bond acceptors (Lipinski definition) is 4. The minimum absolute atomic E-state index is 0.0338. The Labute approximate surface area is 193 Å². The number of aliphatic carboxylic acids is 1. The zero-order valence-corrected chi connectivity index (χ0v) is 19.0. The third-order valence-electron chi connectivity index (χ3n) is 6.86. The van der Waals surface area contributed by atoms with E-state index in [-0.39, 0.29) is 30.8 Å². The van der Waals surface area contributed by atoms with E-state index in [0.717, 1.165) is 22.3 Å². The molecule has 3 N–H and O–H groups in total. The van der Waals surface area contributed by atoms with Gasteiger partial charge in [0.15, 0.2) is 0 Å². The van der Waals surface area contributed by atoms with E-state index < -0.39 is 23.6 Å². The summed E-state index contributed by atoms with van der Waals surface area (Å²) in [4.78, 5) is 36.6. The maximum absolute atomic E-state index is 12.6. The first-order chi connectivity index (χ1) is 15.8. The summed E-state index contributed by atoms with van der Waals surface area (Å²) >= 11 is 0. The summed E-state index contributed by atoms with van der Waals surface area (Å²) in [6.45, 7) is 3.88. The van der Waals surface area contributed by atoms with Crippen molar-refractivity contribution in [2.75, 3.05) is 6.61 Å². The second-order valence-electron chi connectivity index (χ2n) is 9.18. The molecule has 0 heterocycles. The number of fused-ring (bicyclic) bond motifs is 3. The van der Waals surface area contributed by atoms with Crippen LogP contribution in [0.5, 0.6) is 0 Å². The van der Waals surface area contributed by atoms with Crippen molar-refractivity contribution in [3.63, 3.8) is 0 Å². The first kappa shape index (κ1) is 22.8. The molecule has 2 unspecified atom stereocenters. The maximum Gasteiger partial charge on any atom is 0.407 e. The number of rotatable bonds is 9. The highest BCUT2D eigenvalue weighted by Crippen LogP contribution is 2.44. The third kappa shape index (κ3) is 4.87. The molecule has 33 heavy (non-hydrogen) atoms. The Morgan fingerprint density at radius 2 is 1.64 bits per heavy atom. The number of carboxylic acid groups (broad SMARTS) is 1. The Balaban J connectivity index is 1.34. The zero-order chi connectivity index (χ0) is 23.6. The second kappa shape index (κ2) is 9.25. The van der Waals surface area contributed by atoms with Crippen LogP contribution in [0.25, 0.3) is 11.1 Å². The minimum Gasteiger partial charge on any atom is -0.480 e. The molecule has 7 nitrogen and oxygen atoms in total. The molecule has 1 fully saturated rings. The molecule has 2 aliphatic carbocycles. The number of amides is 2. The second-order valence-corrected chi connectivity index (χ2v) is 9.18. The van der Waals surface area contributed by atoms with E-state index in [0.29, 0.717) is 19.3 Å². The quantitative estimate of drug-likeness (QED) is 0.534. The summed E-state index contributed by atoms with van der Waals surface area (Å²) in [6.07, 6.45) is 1.44. The molecule has 0 aliphatic heterocycles. The molecular formula is C26H30N2O5. The van der Waals surface area contributed by atoms with Gasteiger partial charge in [-0.1, -0.05) is 68.8 Å². The molecule has 2 atom stereocenters. The molecular weight excluding hydrogens is 420 g/mol. The van der Waals surface area contributed by atoms with Gasteiger partial charge in [0.2, 0.25) is 5.91 Å². The van der Waals surface area contributed by atoms with Crippen molar-refractivity contribution in [3.8, 4) is 11.1 Å². The smallest absolute Gasteiger partial charge is 0.407 e. The molecule has 4 rings (SSSR count). The van der Waals surface area contributed by atoms with Crippen LogP contribution in [0, 0.1) is 5.92 Å². The summed E-state index contributed by atoms with van der Waals surface area (Å²) in [7, 11) is 0. The summed E-state index contributed by atoms with van der Waals surface area (Å²) < 4.78 is 5.60. The van der Waals surface area contributed by atoms with Gasteiger partial charge in [-0.25, -0.2) is 9.59 Å². The number of alkyl carbamates (subject to hydrolysis) is 1. The van der Waals surface area contributed by atoms with Crippen LogP contribution >= 0.6 is 0 Å². The van der Waals surface area contributed by atoms with Crippen LogP contribution in [0.3, 0.4) is 0 Å². The molecule has 0 saturated heterocycles. The first-order valence-electron chi connectivity index (χ1n) is 11.5. The maximum atomic E-state index is 12.6. The van der Waals surface area contributed by atoms with E-state index in [1.54, 1.807) is 6.92 Å². The predicted molar refractivity (Wildman–Crippen MR) is 124 cm³/mol. The fourth-order valence-corrected chi connectivity index (χ4v) is 4.56. The molecule has 0 radical (unpaired) electrons. The van der Waals surface area contributed by atoms with Crippen LogP contribution in [0.2, 0.25) is 0 Å². The number of carbonyl (C=O) groups excluding carboxylic acids is 2. The molecule has 7 heteroatoms. The van der Waals surface area contributed by atoms with Crippen LogP contribution in [0.1, 0.15) is 56.6 Å². The lowest BCUT2D eigenvalue weighted by atomic mass is 9.98. The van der Waals surface area contributed by atoms with Crippen molar-refractivity contribution in [2.24, 2.45) is 5.92 Å². The van der Waals surface area contributed by atoms with Gasteiger partial charge in [0.1, 0.15) is 12.6 Å². The first-order valence-corrected chi connectivity index (χ1v) is 11.5. The summed E-state index contributed by atoms with van der Waals surface area (Å²) in [6, 6.07) is 15.3. The van der Waals surface area contributed by atoms with E-state index in [2.05, 4.69) is 34.9 Å². The van der Waals surface area contributed by atoms with Crippen molar-refractivity contribution >= 4 is 18.0 Å². The SMILES string of the molecule is CCC(C)C(NC(=O)CC1(NC(=O)OCC2c3ccccc3-c3ccccc32)CC1)C(=O)O. The van der Waals surface area contributed by atoms with Crippen LogP contribution in [0.15, 0.2) is 48.5 Å². The normalized spacial score (nSPS) is 17.3. The van der Waals surface area contributed by atoms with Crippen LogP contribution < -0.4 is 10.6 Å². The third-order valence-corrected chi connectivity index (χ3v) is 6.86. The lowest BCUT2D eigenvalue weighted by molar-refractivity contribution is -0.143. The summed E-state index contributed by atoms with van der Waals surface area (Å²) in [5.74, 6) is -1.64. The number of carboxylic acids is 1. The van der Waals surface area contributed by atoms with Crippen molar-refractivity contribution in [1.82, 2.24) is 10.6 Å². The van der Waals surface area contributed by atoms with Gasteiger partial charge in [0.05, 0.1) is 5.54 Å². The summed E-state index contributed by atoms with van der Waals surface area (Å²) in [5.41, 5.74) is 3.93. The molecule has 2 aromatic rings. The van der Waals surface area contributed by atoms with Crippen molar-refractivity contribution < 1.29 is 24.2 Å². The van der Waals surface area contributed by atoms with Crippen molar-refractivity contribution in [2.45, 2.75) is 57.0 Å². The molecule has 0 aromatic heterocycles. The highest BCUT2D eigenvalue weighted by Gasteiger charge is 2.47. The lowest BCUT2D eigenvalue weighted by Gasteiger charge is -2.23. The van der Waals surface area contributed by atoms with Crippen molar-refractivity contribution in [1.29, 1.82) is 0 Å². The van der Waals surface area contributed by atoms with E-state index in [1.807, 2.05) is 31.2 Å². The Kier molecular flexibility index (Phi) is 6.40. The predicted octanol–water partition coefficient (Wildman–Crippen LogP) is 4.06. The van der Waals surface area contributed by atoms with E-state index >= 15 is 0 Å². The van der Waals surface area contributed by atoms with Gasteiger partial charge in [0, 0.05) is 12.3 Å². The minimum atomic E-state index is -1.05. The summed E-state index contributed by atoms with van der Waals surface area (Å²) in [5, 5.41) is 14.8. The van der Waals surface area contributed by atoms with Crippen LogP contribution in [0.4, 0.5) is 4.79 Å². The van der Waals surface area contributed by atoms with Gasteiger partial charge in [-0.15, -0.1) is 0 Å². The molecule has 1 saturated carbocycles. The molecule has 2 amide bonds. The topological polar surface area (TPSA) is 105 Å². The fourth-order valence-electron chi connectivity index (χ4n) is 4.56. The Hall–Kier alpha value is -3.35. The largest absolute Gasteiger partial charge is 0.480 e. The van der Waals surface area contributed by atoms with E-state index in [1.165, 1.54) is 0 Å². The van der Waals surface area contributed by atoms with Gasteiger partial charge < -0.3 is 20.5 Å². The van der Waals surface area contributed by atoms with E-state index in [9.17, 15) is 19.5 Å². The van der Waals surface area contributed by atoms with Crippen LogP contribution in [-0.2, 0) is 14.3 Å². The Morgan fingerprint density at radius 1 is 1.06 bits per heavy atom. The average Bonchev–Trinajstić information content (AvgIpc) is 3.47. The molecule has 0 spiro atoms. The standard InChI is InChI=1S/C26H30N2O5/c1-3-16(2)23(24(30)31)27-22(29)14-26(12-13-26)28-25(32)33-15-21-19-10-6-4-8-17(19)18-9-5-7-11-20(18)21/h4-11,16,21,23H,3,12-15H2,1-2H3,(H,27,29)(H,28,32)(H,30,31). The average molecular weight is 451 g/mol. The number of benzene rings is 2. The molecule has 2 aromatic carbocycles. The van der Waals surface area contributed by atoms with Crippen molar-refractivity contribution in [3.05, 3.63) is 59.7 Å². The fraction of sp³-hybridized carbons (Fsp3) is 0.423. The highest BCUT2D eigenvalue weighted by atomic mass is 16.5. The molecule has 0 bridgehead atoms. The number of carbonyl (C=O) groups is 3. The van der Waals surface area contributed by atoms with Crippen LogP contribution in [-0.4, -0.2) is 41.3 Å². The zero-order valence-electron chi connectivity index (χ0n) is 19.0.